The van der Waals surface area contributed by atoms with Gasteiger partial charge >= 0.3 is 0 Å². The van der Waals surface area contributed by atoms with E-state index in [4.69, 9.17) is 0 Å². The standard InChI is InChI=1S/C17H17N3O/c1-20(12-9-14-7-10-19-11-8-14)17(21)16(13-18)15-5-3-2-4-6-15/h2-8,10-11,16H,9,12H2,1H3. The lowest BCUT2D eigenvalue weighted by atomic mass is 9.99. The van der Waals surface area contributed by atoms with Crippen LogP contribution in [0.4, 0.5) is 0 Å². The number of benzene rings is 1. The summed E-state index contributed by atoms with van der Waals surface area (Å²) in [7, 11) is 1.73. The van der Waals surface area contributed by atoms with Crippen LogP contribution < -0.4 is 0 Å². The molecule has 2 rings (SSSR count). The van der Waals surface area contributed by atoms with Crippen molar-refractivity contribution in [1.29, 1.82) is 5.26 Å². The quantitative estimate of drug-likeness (QED) is 0.844. The van der Waals surface area contributed by atoms with E-state index in [2.05, 4.69) is 11.1 Å². The number of likely N-dealkylation sites (N-methyl/N-ethyl adjacent to an activating group) is 1. The third-order valence-electron chi connectivity index (χ3n) is 3.37. The van der Waals surface area contributed by atoms with Crippen molar-refractivity contribution in [2.75, 3.05) is 13.6 Å². The van der Waals surface area contributed by atoms with E-state index in [9.17, 15) is 10.1 Å². The highest BCUT2D eigenvalue weighted by Crippen LogP contribution is 2.17. The van der Waals surface area contributed by atoms with Crippen LogP contribution in [-0.4, -0.2) is 29.4 Å². The van der Waals surface area contributed by atoms with Crippen LogP contribution in [0.2, 0.25) is 0 Å². The number of hydrogen-bond acceptors (Lipinski definition) is 3. The fourth-order valence-corrected chi connectivity index (χ4v) is 2.09. The zero-order chi connectivity index (χ0) is 15.1. The first-order valence-corrected chi connectivity index (χ1v) is 6.81. The van der Waals surface area contributed by atoms with Gasteiger partial charge in [0.25, 0.3) is 0 Å². The summed E-state index contributed by atoms with van der Waals surface area (Å²) < 4.78 is 0. The normalized spacial score (nSPS) is 11.4. The van der Waals surface area contributed by atoms with E-state index in [0.29, 0.717) is 6.54 Å². The van der Waals surface area contributed by atoms with Crippen LogP contribution >= 0.6 is 0 Å². The van der Waals surface area contributed by atoms with Crippen molar-refractivity contribution in [3.8, 4) is 6.07 Å². The Balaban J connectivity index is 2.00. The molecule has 0 fully saturated rings. The molecule has 1 unspecified atom stereocenters. The molecule has 0 aliphatic carbocycles. The SMILES string of the molecule is CN(CCc1ccncc1)C(=O)C(C#N)c1ccccc1. The molecule has 1 atom stereocenters. The predicted molar refractivity (Wildman–Crippen MR) is 80.4 cm³/mol. The number of nitriles is 1. The van der Waals surface area contributed by atoms with Crippen LogP contribution in [0.25, 0.3) is 0 Å². The van der Waals surface area contributed by atoms with Crippen molar-refractivity contribution < 1.29 is 4.79 Å². The summed E-state index contributed by atoms with van der Waals surface area (Å²) in [6.07, 6.45) is 4.22. The summed E-state index contributed by atoms with van der Waals surface area (Å²) in [4.78, 5) is 18.0. The molecule has 0 saturated heterocycles. The molecule has 1 aromatic carbocycles. The van der Waals surface area contributed by atoms with Gasteiger partial charge in [-0.2, -0.15) is 5.26 Å². The molecule has 0 N–H and O–H groups in total. The molecular weight excluding hydrogens is 262 g/mol. The molecule has 2 aromatic rings. The summed E-state index contributed by atoms with van der Waals surface area (Å²) in [5, 5.41) is 9.28. The van der Waals surface area contributed by atoms with Crippen LogP contribution in [0.1, 0.15) is 17.0 Å². The Labute approximate surface area is 124 Å². The number of pyridine rings is 1. The van der Waals surface area contributed by atoms with E-state index in [1.54, 1.807) is 24.3 Å². The predicted octanol–water partition coefficient (Wildman–Crippen LogP) is 2.39. The monoisotopic (exact) mass is 279 g/mol. The van der Waals surface area contributed by atoms with Crippen molar-refractivity contribution in [2.24, 2.45) is 0 Å². The lowest BCUT2D eigenvalue weighted by molar-refractivity contribution is -0.130. The number of hydrogen-bond donors (Lipinski definition) is 0. The minimum absolute atomic E-state index is 0.169. The Kier molecular flexibility index (Phi) is 5.05. The van der Waals surface area contributed by atoms with Gasteiger partial charge in [-0.3, -0.25) is 9.78 Å². The first-order chi connectivity index (χ1) is 10.2. The Morgan fingerprint density at radius 2 is 1.90 bits per heavy atom. The van der Waals surface area contributed by atoms with E-state index in [1.807, 2.05) is 42.5 Å². The number of nitrogens with zero attached hydrogens (tertiary/aromatic N) is 3. The van der Waals surface area contributed by atoms with Crippen molar-refractivity contribution in [2.45, 2.75) is 12.3 Å². The molecule has 0 spiro atoms. The molecule has 0 radical (unpaired) electrons. The maximum absolute atomic E-state index is 12.4. The van der Waals surface area contributed by atoms with Crippen molar-refractivity contribution >= 4 is 5.91 Å². The molecule has 4 heteroatoms. The Bertz CT molecular complexity index is 619. The van der Waals surface area contributed by atoms with Crippen LogP contribution in [0, 0.1) is 11.3 Å². The summed E-state index contributed by atoms with van der Waals surface area (Å²) in [6.45, 7) is 0.577. The topological polar surface area (TPSA) is 57.0 Å². The minimum Gasteiger partial charge on any atom is -0.344 e. The molecule has 21 heavy (non-hydrogen) atoms. The van der Waals surface area contributed by atoms with Gasteiger partial charge in [0.1, 0.15) is 5.92 Å². The van der Waals surface area contributed by atoms with Crippen molar-refractivity contribution in [1.82, 2.24) is 9.88 Å². The van der Waals surface area contributed by atoms with Gasteiger partial charge in [-0.25, -0.2) is 0 Å². The first kappa shape index (κ1) is 14.7. The Morgan fingerprint density at radius 3 is 2.52 bits per heavy atom. The van der Waals surface area contributed by atoms with Crippen molar-refractivity contribution in [3.05, 3.63) is 66.0 Å². The summed E-state index contributed by atoms with van der Waals surface area (Å²) in [6, 6.07) is 15.1. The second-order valence-corrected chi connectivity index (χ2v) is 4.84. The number of amides is 1. The van der Waals surface area contributed by atoms with Gasteiger partial charge in [0, 0.05) is 26.0 Å². The molecule has 0 aliphatic heterocycles. The molecule has 4 nitrogen and oxygen atoms in total. The molecule has 0 aliphatic rings. The third-order valence-corrected chi connectivity index (χ3v) is 3.37. The lowest BCUT2D eigenvalue weighted by Crippen LogP contribution is -2.32. The van der Waals surface area contributed by atoms with E-state index < -0.39 is 5.92 Å². The van der Waals surface area contributed by atoms with Gasteiger partial charge in [0.05, 0.1) is 6.07 Å². The van der Waals surface area contributed by atoms with Gasteiger partial charge in [0.15, 0.2) is 0 Å². The van der Waals surface area contributed by atoms with E-state index in [1.165, 1.54) is 0 Å². The Hall–Kier alpha value is -2.67. The van der Waals surface area contributed by atoms with E-state index in [0.717, 1.165) is 17.5 Å². The Morgan fingerprint density at radius 1 is 1.24 bits per heavy atom. The van der Waals surface area contributed by atoms with E-state index >= 15 is 0 Å². The third kappa shape index (κ3) is 3.90. The number of carbonyl (C=O) groups excluding carboxylic acids is 1. The largest absolute Gasteiger partial charge is 0.344 e. The number of carbonyl (C=O) groups is 1. The molecule has 1 amide bonds. The highest BCUT2D eigenvalue weighted by atomic mass is 16.2. The highest BCUT2D eigenvalue weighted by Gasteiger charge is 2.23. The lowest BCUT2D eigenvalue weighted by Gasteiger charge is -2.20. The van der Waals surface area contributed by atoms with Gasteiger partial charge in [-0.1, -0.05) is 30.3 Å². The summed E-state index contributed by atoms with van der Waals surface area (Å²) in [5.41, 5.74) is 1.86. The smallest absolute Gasteiger partial charge is 0.244 e. The van der Waals surface area contributed by atoms with Crippen LogP contribution in [0.3, 0.4) is 0 Å². The molecule has 0 bridgehead atoms. The van der Waals surface area contributed by atoms with Gasteiger partial charge in [0.2, 0.25) is 5.91 Å². The summed E-state index contributed by atoms with van der Waals surface area (Å²) in [5.74, 6) is -0.911. The average Bonchev–Trinajstić information content (AvgIpc) is 2.55. The second-order valence-electron chi connectivity index (χ2n) is 4.84. The molecule has 1 aromatic heterocycles. The maximum Gasteiger partial charge on any atom is 0.244 e. The highest BCUT2D eigenvalue weighted by molar-refractivity contribution is 5.86. The fourth-order valence-electron chi connectivity index (χ4n) is 2.09. The van der Waals surface area contributed by atoms with Crippen LogP contribution in [0.15, 0.2) is 54.9 Å². The maximum atomic E-state index is 12.4. The zero-order valence-corrected chi connectivity index (χ0v) is 11.9. The fraction of sp³-hybridized carbons (Fsp3) is 0.235. The second kappa shape index (κ2) is 7.20. The van der Waals surface area contributed by atoms with Crippen LogP contribution in [0.5, 0.6) is 0 Å². The van der Waals surface area contributed by atoms with Gasteiger partial charge < -0.3 is 4.90 Å². The van der Waals surface area contributed by atoms with E-state index in [-0.39, 0.29) is 5.91 Å². The van der Waals surface area contributed by atoms with Gasteiger partial charge in [-0.05, 0) is 29.7 Å². The first-order valence-electron chi connectivity index (χ1n) is 6.81. The zero-order valence-electron chi connectivity index (χ0n) is 11.9. The summed E-state index contributed by atoms with van der Waals surface area (Å²) >= 11 is 0. The molecule has 0 saturated carbocycles. The average molecular weight is 279 g/mol. The molecular formula is C17H17N3O. The number of rotatable bonds is 5. The number of aromatic nitrogens is 1. The molecule has 106 valence electrons. The van der Waals surface area contributed by atoms with Crippen LogP contribution in [-0.2, 0) is 11.2 Å². The van der Waals surface area contributed by atoms with Crippen molar-refractivity contribution in [3.63, 3.8) is 0 Å². The molecule has 1 heterocycles. The van der Waals surface area contributed by atoms with Gasteiger partial charge in [-0.15, -0.1) is 0 Å². The minimum atomic E-state index is -0.742.